The van der Waals surface area contributed by atoms with Gasteiger partial charge in [0.2, 0.25) is 0 Å². The molecule has 0 radical (unpaired) electrons. The smallest absolute Gasteiger partial charge is 0.0437 e. The first-order valence-corrected chi connectivity index (χ1v) is 20.3. The lowest BCUT2D eigenvalue weighted by atomic mass is 9.79. The Kier molecular flexibility index (Phi) is 7.49. The van der Waals surface area contributed by atoms with E-state index in [2.05, 4.69) is 208 Å². The third kappa shape index (κ3) is 5.05. The average molecular weight is 731 g/mol. The van der Waals surface area contributed by atoms with Crippen LogP contribution in [0.3, 0.4) is 0 Å². The van der Waals surface area contributed by atoms with Crippen LogP contribution in [0.25, 0.3) is 97.0 Å². The van der Waals surface area contributed by atoms with Gasteiger partial charge in [-0.3, -0.25) is 0 Å². The molecule has 0 N–H and O–H groups in total. The number of hydrogen-bond donors (Lipinski definition) is 0. The summed E-state index contributed by atoms with van der Waals surface area (Å²) in [6, 6.07) is 71.8. The molecule has 1 aliphatic carbocycles. The van der Waals surface area contributed by atoms with Gasteiger partial charge in [0, 0.05) is 31.0 Å². The van der Waals surface area contributed by atoms with Gasteiger partial charge in [0.25, 0.3) is 0 Å². The van der Waals surface area contributed by atoms with E-state index in [-0.39, 0.29) is 5.41 Å². The van der Waals surface area contributed by atoms with Crippen LogP contribution in [0.1, 0.15) is 25.0 Å². The molecular formula is C55H38S. The molecule has 0 saturated carbocycles. The van der Waals surface area contributed by atoms with Gasteiger partial charge in [-0.25, -0.2) is 0 Å². The first-order valence-electron chi connectivity index (χ1n) is 19.5. The van der Waals surface area contributed by atoms with Crippen LogP contribution in [-0.2, 0) is 5.41 Å². The largest absolute Gasteiger partial charge is 0.135 e. The van der Waals surface area contributed by atoms with E-state index in [4.69, 9.17) is 0 Å². The van der Waals surface area contributed by atoms with Crippen molar-refractivity contribution in [2.75, 3.05) is 0 Å². The van der Waals surface area contributed by atoms with Gasteiger partial charge >= 0.3 is 0 Å². The molecule has 0 bridgehead atoms. The predicted molar refractivity (Wildman–Crippen MR) is 243 cm³/mol. The molecule has 0 aliphatic heterocycles. The van der Waals surface area contributed by atoms with Crippen LogP contribution in [0.2, 0.25) is 0 Å². The van der Waals surface area contributed by atoms with Crippen LogP contribution >= 0.6 is 11.3 Å². The van der Waals surface area contributed by atoms with E-state index in [0.717, 1.165) is 0 Å². The minimum absolute atomic E-state index is 0.156. The molecule has 0 spiro atoms. The highest BCUT2D eigenvalue weighted by Gasteiger charge is 2.39. The molecule has 11 rings (SSSR count). The number of hydrogen-bond acceptors (Lipinski definition) is 1. The van der Waals surface area contributed by atoms with Crippen LogP contribution in [-0.4, -0.2) is 0 Å². The minimum atomic E-state index is -0.156. The second-order valence-corrected chi connectivity index (χ2v) is 16.7. The average Bonchev–Trinajstić information content (AvgIpc) is 3.74. The van der Waals surface area contributed by atoms with E-state index in [0.29, 0.717) is 0 Å². The SMILES string of the molecule is CC1(C)c2ccc(-c3ccccccc(-c4ccc5cc(-c6ccccc6)ccc5c4)c4ccccc34)cc2-c2c1c1c3ccccc3sc1c1ccccc21. The number of thiophene rings is 1. The molecule has 1 heteroatoms. The van der Waals surface area contributed by atoms with Crippen LogP contribution in [0, 0.1) is 0 Å². The summed E-state index contributed by atoms with van der Waals surface area (Å²) < 4.78 is 2.75. The highest BCUT2D eigenvalue weighted by atomic mass is 32.1. The first kappa shape index (κ1) is 32.9. The predicted octanol–water partition coefficient (Wildman–Crippen LogP) is 15.9. The Hall–Kier alpha value is -6.54. The Morgan fingerprint density at radius 3 is 1.61 bits per heavy atom. The van der Waals surface area contributed by atoms with Gasteiger partial charge < -0.3 is 0 Å². The quantitative estimate of drug-likeness (QED) is 0.170. The van der Waals surface area contributed by atoms with Crippen molar-refractivity contribution in [1.82, 2.24) is 0 Å². The fourth-order valence-corrected chi connectivity index (χ4v) is 10.7. The van der Waals surface area contributed by atoms with Crippen molar-refractivity contribution in [3.05, 3.63) is 205 Å². The Bertz CT molecular complexity index is 3270. The summed E-state index contributed by atoms with van der Waals surface area (Å²) in [7, 11) is 0. The van der Waals surface area contributed by atoms with Gasteiger partial charge in [0.05, 0.1) is 0 Å². The van der Waals surface area contributed by atoms with E-state index in [9.17, 15) is 0 Å². The van der Waals surface area contributed by atoms with Crippen LogP contribution in [0.5, 0.6) is 0 Å². The van der Waals surface area contributed by atoms with Gasteiger partial charge in [-0.1, -0.05) is 184 Å². The van der Waals surface area contributed by atoms with Gasteiger partial charge in [0.15, 0.2) is 0 Å². The summed E-state index contributed by atoms with van der Waals surface area (Å²) in [5.74, 6) is 0. The zero-order valence-corrected chi connectivity index (χ0v) is 32.2. The fourth-order valence-electron chi connectivity index (χ4n) is 9.44. The number of benzene rings is 8. The molecule has 0 atom stereocenters. The van der Waals surface area contributed by atoms with Crippen LogP contribution < -0.4 is 0 Å². The zero-order valence-electron chi connectivity index (χ0n) is 31.4. The van der Waals surface area contributed by atoms with Crippen molar-refractivity contribution in [3.8, 4) is 44.5 Å². The van der Waals surface area contributed by atoms with Crippen molar-refractivity contribution >= 4 is 63.8 Å². The van der Waals surface area contributed by atoms with Crippen molar-refractivity contribution in [1.29, 1.82) is 0 Å². The molecule has 1 aliphatic rings. The fraction of sp³-hybridized carbons (Fsp3) is 0.0545. The molecule has 1 aromatic heterocycles. The highest BCUT2D eigenvalue weighted by Crippen LogP contribution is 2.57. The van der Waals surface area contributed by atoms with E-state index in [1.54, 1.807) is 0 Å². The van der Waals surface area contributed by atoms with Crippen molar-refractivity contribution in [2.45, 2.75) is 19.3 Å². The molecule has 1 heterocycles. The van der Waals surface area contributed by atoms with E-state index >= 15 is 0 Å². The topological polar surface area (TPSA) is 0 Å². The monoisotopic (exact) mass is 730 g/mol. The Morgan fingerprint density at radius 2 is 0.893 bits per heavy atom. The highest BCUT2D eigenvalue weighted by molar-refractivity contribution is 7.26. The van der Waals surface area contributed by atoms with Crippen molar-refractivity contribution in [2.24, 2.45) is 0 Å². The maximum absolute atomic E-state index is 2.48. The molecule has 0 nitrogen and oxygen atoms in total. The van der Waals surface area contributed by atoms with Gasteiger partial charge in [0.1, 0.15) is 0 Å². The summed E-state index contributed by atoms with van der Waals surface area (Å²) in [6.07, 6.45) is 0. The Labute approximate surface area is 331 Å². The normalized spacial score (nSPS) is 13.0. The molecule has 0 fully saturated rings. The molecule has 264 valence electrons. The van der Waals surface area contributed by atoms with Gasteiger partial charge in [-0.15, -0.1) is 11.3 Å². The zero-order chi connectivity index (χ0) is 37.4. The third-order valence-corrected chi connectivity index (χ3v) is 13.3. The van der Waals surface area contributed by atoms with E-state index in [1.807, 2.05) is 11.3 Å². The Balaban J connectivity index is 1.14. The van der Waals surface area contributed by atoms with Gasteiger partial charge in [-0.2, -0.15) is 0 Å². The molecule has 0 unspecified atom stereocenters. The summed E-state index contributed by atoms with van der Waals surface area (Å²) in [6.45, 7) is 4.85. The van der Waals surface area contributed by atoms with Crippen LogP contribution in [0.4, 0.5) is 0 Å². The lowest BCUT2D eigenvalue weighted by Crippen LogP contribution is -2.15. The third-order valence-electron chi connectivity index (χ3n) is 12.1. The van der Waals surface area contributed by atoms with E-state index in [1.165, 1.54) is 108 Å². The Morgan fingerprint density at radius 1 is 0.375 bits per heavy atom. The molecule has 56 heavy (non-hydrogen) atoms. The molecular weight excluding hydrogens is 693 g/mol. The maximum Gasteiger partial charge on any atom is 0.0437 e. The second-order valence-electron chi connectivity index (χ2n) is 15.6. The first-order chi connectivity index (χ1) is 27.5. The number of rotatable bonds is 3. The second kappa shape index (κ2) is 12.8. The molecule has 0 amide bonds. The van der Waals surface area contributed by atoms with Crippen molar-refractivity contribution in [3.63, 3.8) is 0 Å². The van der Waals surface area contributed by atoms with Crippen LogP contribution in [0.15, 0.2) is 194 Å². The summed E-state index contributed by atoms with van der Waals surface area (Å²) >= 11 is 1.93. The standard InChI is InChI=1S/C55H38S/c1-55(2)49-31-30-40(34-48(49)51-45-22-12-13-23-46(45)54-52(53(51)55)47-24-14-15-25-50(47)56-54)42-19-9-4-3-8-18-41(43-20-10-11-21-44(42)43)39-29-28-37-32-36(26-27-38(37)33-39)35-16-6-5-7-17-35/h3-34H,1-2H3. The minimum Gasteiger partial charge on any atom is -0.135 e. The molecule has 9 aromatic carbocycles. The molecule has 0 saturated heterocycles. The van der Waals surface area contributed by atoms with E-state index < -0.39 is 0 Å². The summed E-state index contributed by atoms with van der Waals surface area (Å²) in [5.41, 5.74) is 12.7. The summed E-state index contributed by atoms with van der Waals surface area (Å²) in [4.78, 5) is 0. The summed E-state index contributed by atoms with van der Waals surface area (Å²) in [5, 5.41) is 10.4. The van der Waals surface area contributed by atoms with Crippen molar-refractivity contribution < 1.29 is 0 Å². The maximum atomic E-state index is 2.48. The lowest BCUT2D eigenvalue weighted by molar-refractivity contribution is 0.667. The lowest BCUT2D eigenvalue weighted by Gasteiger charge is -2.23. The number of fused-ring (bicyclic) bond motifs is 12. The molecule has 10 aromatic rings. The van der Waals surface area contributed by atoms with Gasteiger partial charge in [-0.05, 0) is 107 Å².